The standard InChI is InChI=1S/C15H20ClNO2S/c1-10(2)19-14(20)9-17(13(18)8-16)15-11(3)6-5-7-12(15)4/h5-7,10H,8-9H2,1-4H3. The number of hydrogen-bond donors (Lipinski definition) is 0. The topological polar surface area (TPSA) is 29.5 Å². The number of aryl methyl sites for hydroxylation is 2. The van der Waals surface area contributed by atoms with Crippen LogP contribution in [0, 0.1) is 13.8 Å². The molecule has 110 valence electrons. The number of carbonyl (C=O) groups excluding carboxylic acids is 1. The summed E-state index contributed by atoms with van der Waals surface area (Å²) < 4.78 is 5.47. The van der Waals surface area contributed by atoms with Crippen LogP contribution in [0.5, 0.6) is 0 Å². The summed E-state index contributed by atoms with van der Waals surface area (Å²) in [5.74, 6) is -0.267. The van der Waals surface area contributed by atoms with Gasteiger partial charge in [0.05, 0.1) is 18.3 Å². The predicted octanol–water partition coefficient (Wildman–Crippen LogP) is 3.63. The first-order valence-electron chi connectivity index (χ1n) is 6.48. The molecule has 1 aromatic carbocycles. The first-order valence-corrected chi connectivity index (χ1v) is 7.43. The Morgan fingerprint density at radius 3 is 2.35 bits per heavy atom. The molecule has 0 atom stereocenters. The van der Waals surface area contributed by atoms with E-state index in [-0.39, 0.29) is 24.4 Å². The first-order chi connectivity index (χ1) is 9.36. The third-order valence-electron chi connectivity index (χ3n) is 2.78. The zero-order chi connectivity index (χ0) is 15.3. The van der Waals surface area contributed by atoms with Crippen LogP contribution in [0.3, 0.4) is 0 Å². The Balaban J connectivity index is 3.07. The first kappa shape index (κ1) is 16.9. The summed E-state index contributed by atoms with van der Waals surface area (Å²) in [4.78, 5) is 13.7. The van der Waals surface area contributed by atoms with Crippen molar-refractivity contribution < 1.29 is 9.53 Å². The molecule has 0 aliphatic carbocycles. The maximum atomic E-state index is 12.1. The third-order valence-corrected chi connectivity index (χ3v) is 3.23. The fourth-order valence-corrected chi connectivity index (χ4v) is 2.49. The van der Waals surface area contributed by atoms with Crippen LogP contribution >= 0.6 is 23.8 Å². The largest absolute Gasteiger partial charge is 0.483 e. The molecule has 1 amide bonds. The summed E-state index contributed by atoms with van der Waals surface area (Å²) in [5.41, 5.74) is 2.87. The molecule has 0 heterocycles. The number of halogens is 1. The van der Waals surface area contributed by atoms with Crippen molar-refractivity contribution in [1.29, 1.82) is 0 Å². The van der Waals surface area contributed by atoms with Gasteiger partial charge in [-0.1, -0.05) is 18.2 Å². The van der Waals surface area contributed by atoms with Crippen molar-refractivity contribution in [2.75, 3.05) is 17.3 Å². The number of para-hydroxylation sites is 1. The molecule has 0 unspecified atom stereocenters. The third kappa shape index (κ3) is 4.46. The van der Waals surface area contributed by atoms with Gasteiger partial charge in [-0.3, -0.25) is 4.79 Å². The highest BCUT2D eigenvalue weighted by atomic mass is 35.5. The van der Waals surface area contributed by atoms with Crippen molar-refractivity contribution in [2.24, 2.45) is 0 Å². The van der Waals surface area contributed by atoms with Crippen LogP contribution in [0.25, 0.3) is 0 Å². The number of amides is 1. The molecule has 0 fully saturated rings. The van der Waals surface area contributed by atoms with Crippen molar-refractivity contribution in [3.05, 3.63) is 29.3 Å². The molecule has 0 aromatic heterocycles. The number of carbonyl (C=O) groups is 1. The van der Waals surface area contributed by atoms with Crippen molar-refractivity contribution in [1.82, 2.24) is 0 Å². The van der Waals surface area contributed by atoms with Crippen LogP contribution in [-0.4, -0.2) is 29.5 Å². The zero-order valence-electron chi connectivity index (χ0n) is 12.3. The van der Waals surface area contributed by atoms with Crippen LogP contribution in [0.2, 0.25) is 0 Å². The number of thiocarbonyl (C=S) groups is 1. The number of rotatable bonds is 5. The van der Waals surface area contributed by atoms with Gasteiger partial charge in [-0.2, -0.15) is 0 Å². The van der Waals surface area contributed by atoms with E-state index in [0.717, 1.165) is 16.8 Å². The second-order valence-electron chi connectivity index (χ2n) is 4.89. The summed E-state index contributed by atoms with van der Waals surface area (Å²) in [7, 11) is 0. The minimum atomic E-state index is -0.182. The fraction of sp³-hybridized carbons (Fsp3) is 0.467. The highest BCUT2D eigenvalue weighted by Crippen LogP contribution is 2.25. The fourth-order valence-electron chi connectivity index (χ4n) is 2.02. The van der Waals surface area contributed by atoms with E-state index in [2.05, 4.69) is 0 Å². The Hall–Kier alpha value is -1.13. The SMILES string of the molecule is Cc1cccc(C)c1N(CC(=S)OC(C)C)C(=O)CCl. The van der Waals surface area contributed by atoms with E-state index >= 15 is 0 Å². The van der Waals surface area contributed by atoms with E-state index in [9.17, 15) is 4.79 Å². The van der Waals surface area contributed by atoms with Gasteiger partial charge in [-0.25, -0.2) is 0 Å². The van der Waals surface area contributed by atoms with E-state index in [1.165, 1.54) is 0 Å². The second kappa shape index (κ2) is 7.60. The summed E-state index contributed by atoms with van der Waals surface area (Å²) >= 11 is 10.9. The van der Waals surface area contributed by atoms with Gasteiger partial charge in [-0.15, -0.1) is 11.6 Å². The van der Waals surface area contributed by atoms with Crippen molar-refractivity contribution in [2.45, 2.75) is 33.8 Å². The number of hydrogen-bond acceptors (Lipinski definition) is 3. The molecule has 1 rings (SSSR count). The zero-order valence-corrected chi connectivity index (χ0v) is 13.8. The number of alkyl halides is 1. The van der Waals surface area contributed by atoms with Crippen LogP contribution < -0.4 is 4.90 Å². The lowest BCUT2D eigenvalue weighted by Gasteiger charge is -2.26. The Bertz CT molecular complexity index is 482. The van der Waals surface area contributed by atoms with Gasteiger partial charge in [0.1, 0.15) is 5.88 Å². The molecule has 3 nitrogen and oxygen atoms in total. The Labute approximate surface area is 130 Å². The highest BCUT2D eigenvalue weighted by molar-refractivity contribution is 7.80. The maximum Gasteiger partial charge on any atom is 0.242 e. The van der Waals surface area contributed by atoms with E-state index < -0.39 is 0 Å². The summed E-state index contributed by atoms with van der Waals surface area (Å²) in [6.45, 7) is 7.97. The lowest BCUT2D eigenvalue weighted by Crippen LogP contribution is -2.38. The molecule has 0 aliphatic rings. The highest BCUT2D eigenvalue weighted by Gasteiger charge is 2.20. The lowest BCUT2D eigenvalue weighted by atomic mass is 10.1. The number of benzene rings is 1. The van der Waals surface area contributed by atoms with Gasteiger partial charge >= 0.3 is 0 Å². The molecule has 0 radical (unpaired) electrons. The van der Waals surface area contributed by atoms with E-state index in [1.807, 2.05) is 45.9 Å². The Morgan fingerprint density at radius 1 is 1.35 bits per heavy atom. The Kier molecular flexibility index (Phi) is 6.43. The second-order valence-corrected chi connectivity index (χ2v) is 5.62. The van der Waals surface area contributed by atoms with E-state index in [0.29, 0.717) is 5.05 Å². The quantitative estimate of drug-likeness (QED) is 0.614. The number of ether oxygens (including phenoxy) is 1. The summed E-state index contributed by atoms with van der Waals surface area (Å²) in [6.07, 6.45) is -0.00609. The maximum absolute atomic E-state index is 12.1. The van der Waals surface area contributed by atoms with Crippen LogP contribution in [0.1, 0.15) is 25.0 Å². The molecule has 0 spiro atoms. The molecule has 20 heavy (non-hydrogen) atoms. The Morgan fingerprint density at radius 2 is 1.90 bits per heavy atom. The van der Waals surface area contributed by atoms with E-state index in [4.69, 9.17) is 28.6 Å². The molecule has 5 heteroatoms. The van der Waals surface area contributed by atoms with Crippen molar-refractivity contribution >= 4 is 40.5 Å². The number of anilines is 1. The molecule has 0 saturated heterocycles. The van der Waals surface area contributed by atoms with Gasteiger partial charge < -0.3 is 9.64 Å². The molecule has 0 bridgehead atoms. The predicted molar refractivity (Wildman–Crippen MR) is 87.8 cm³/mol. The van der Waals surface area contributed by atoms with Gasteiger partial charge in [0, 0.05) is 0 Å². The molecule has 0 N–H and O–H groups in total. The molecular formula is C15H20ClNO2S. The molecule has 1 aromatic rings. The lowest BCUT2D eigenvalue weighted by molar-refractivity contribution is -0.116. The van der Waals surface area contributed by atoms with Crippen LogP contribution in [0.15, 0.2) is 18.2 Å². The average Bonchev–Trinajstić information content (AvgIpc) is 2.35. The van der Waals surface area contributed by atoms with Gasteiger partial charge in [-0.05, 0) is 51.0 Å². The molecule has 0 aliphatic heterocycles. The van der Waals surface area contributed by atoms with Gasteiger partial charge in [0.25, 0.3) is 0 Å². The summed E-state index contributed by atoms with van der Waals surface area (Å²) in [5, 5.41) is 0.390. The smallest absolute Gasteiger partial charge is 0.242 e. The number of nitrogens with zero attached hydrogens (tertiary/aromatic N) is 1. The molecular weight excluding hydrogens is 294 g/mol. The average molecular weight is 314 g/mol. The summed E-state index contributed by atoms with van der Waals surface area (Å²) in [6, 6.07) is 5.88. The molecule has 0 saturated carbocycles. The van der Waals surface area contributed by atoms with E-state index in [1.54, 1.807) is 4.90 Å². The van der Waals surface area contributed by atoms with Gasteiger partial charge in [0.15, 0.2) is 5.05 Å². The minimum Gasteiger partial charge on any atom is -0.483 e. The van der Waals surface area contributed by atoms with Crippen LogP contribution in [-0.2, 0) is 9.53 Å². The monoisotopic (exact) mass is 313 g/mol. The van der Waals surface area contributed by atoms with Crippen molar-refractivity contribution in [3.63, 3.8) is 0 Å². The van der Waals surface area contributed by atoms with Crippen LogP contribution in [0.4, 0.5) is 5.69 Å². The van der Waals surface area contributed by atoms with Gasteiger partial charge in [0.2, 0.25) is 5.91 Å². The van der Waals surface area contributed by atoms with Crippen molar-refractivity contribution in [3.8, 4) is 0 Å². The normalized spacial score (nSPS) is 10.5. The minimum absolute atomic E-state index is 0.00609.